The van der Waals surface area contributed by atoms with Crippen LogP contribution in [0.4, 0.5) is 0 Å². The maximum absolute atomic E-state index is 12.3. The fourth-order valence-electron chi connectivity index (χ4n) is 3.09. The SMILES string of the molecule is CC1(OCCOc2ccccc2)SC(=NC2CCCCCC2)NC1=O. The summed E-state index contributed by atoms with van der Waals surface area (Å²) in [6.45, 7) is 2.55. The third-order valence-corrected chi connectivity index (χ3v) is 5.62. The molecule has 3 rings (SSSR count). The van der Waals surface area contributed by atoms with Gasteiger partial charge >= 0.3 is 0 Å². The Kier molecular flexibility index (Phi) is 6.37. The van der Waals surface area contributed by atoms with Crippen LogP contribution in [-0.2, 0) is 9.53 Å². The molecule has 0 aromatic heterocycles. The quantitative estimate of drug-likeness (QED) is 0.619. The van der Waals surface area contributed by atoms with Crippen LogP contribution in [-0.4, -0.2) is 35.3 Å². The standard InChI is InChI=1S/C19H26N2O3S/c1-19(24-14-13-23-16-11-7-4-8-12-16)17(22)21-18(25-19)20-15-9-5-2-3-6-10-15/h4,7-8,11-12,15H,2-3,5-6,9-10,13-14H2,1H3,(H,20,21,22). The van der Waals surface area contributed by atoms with E-state index in [1.54, 1.807) is 6.92 Å². The smallest absolute Gasteiger partial charge is 0.268 e. The summed E-state index contributed by atoms with van der Waals surface area (Å²) in [4.78, 5) is 16.1. The van der Waals surface area contributed by atoms with Crippen LogP contribution in [0.3, 0.4) is 0 Å². The number of rotatable bonds is 6. The molecule has 0 spiro atoms. The zero-order chi connectivity index (χ0) is 17.5. The minimum absolute atomic E-state index is 0.135. The van der Waals surface area contributed by atoms with Gasteiger partial charge < -0.3 is 14.8 Å². The van der Waals surface area contributed by atoms with Gasteiger partial charge in [-0.15, -0.1) is 0 Å². The van der Waals surface area contributed by atoms with E-state index in [-0.39, 0.29) is 5.91 Å². The highest BCUT2D eigenvalue weighted by Gasteiger charge is 2.44. The van der Waals surface area contributed by atoms with Crippen molar-refractivity contribution in [3.05, 3.63) is 30.3 Å². The van der Waals surface area contributed by atoms with Crippen LogP contribution < -0.4 is 10.1 Å². The van der Waals surface area contributed by atoms with Crippen molar-refractivity contribution < 1.29 is 14.3 Å². The molecule has 1 aromatic carbocycles. The molecular formula is C19H26N2O3S. The first-order chi connectivity index (χ1) is 12.2. The number of hydrogen-bond donors (Lipinski definition) is 1. The van der Waals surface area contributed by atoms with Gasteiger partial charge in [0.25, 0.3) is 5.91 Å². The minimum atomic E-state index is -0.927. The van der Waals surface area contributed by atoms with Crippen molar-refractivity contribution in [2.45, 2.75) is 56.4 Å². The number of aliphatic imine (C=N–C) groups is 1. The van der Waals surface area contributed by atoms with Gasteiger partial charge in [0, 0.05) is 0 Å². The Hall–Kier alpha value is -1.53. The number of thioether (sulfide) groups is 1. The summed E-state index contributed by atoms with van der Waals surface area (Å²) in [7, 11) is 0. The maximum Gasteiger partial charge on any atom is 0.268 e. The van der Waals surface area contributed by atoms with Crippen molar-refractivity contribution in [1.82, 2.24) is 5.32 Å². The number of carbonyl (C=O) groups excluding carboxylic acids is 1. The molecule has 25 heavy (non-hydrogen) atoms. The van der Waals surface area contributed by atoms with Crippen LogP contribution >= 0.6 is 11.8 Å². The van der Waals surface area contributed by atoms with Crippen LogP contribution in [0.15, 0.2) is 35.3 Å². The third kappa shape index (κ3) is 5.22. The summed E-state index contributed by atoms with van der Waals surface area (Å²) in [5.41, 5.74) is 0. The number of carbonyl (C=O) groups is 1. The van der Waals surface area contributed by atoms with Crippen molar-refractivity contribution in [2.75, 3.05) is 13.2 Å². The van der Waals surface area contributed by atoms with Crippen LogP contribution in [0.5, 0.6) is 5.75 Å². The zero-order valence-corrected chi connectivity index (χ0v) is 15.5. The molecule has 1 unspecified atom stereocenters. The zero-order valence-electron chi connectivity index (χ0n) is 14.7. The molecule has 1 aliphatic heterocycles. The molecule has 6 heteroatoms. The van der Waals surface area contributed by atoms with Crippen LogP contribution in [0.2, 0.25) is 0 Å². The van der Waals surface area contributed by atoms with Crippen molar-refractivity contribution in [1.29, 1.82) is 0 Å². The number of para-hydroxylation sites is 1. The van der Waals surface area contributed by atoms with E-state index in [1.807, 2.05) is 30.3 Å². The second-order valence-corrected chi connectivity index (χ2v) is 7.96. The lowest BCUT2D eigenvalue weighted by molar-refractivity contribution is -0.132. The van der Waals surface area contributed by atoms with E-state index in [2.05, 4.69) is 5.32 Å². The number of amidine groups is 1. The second-order valence-electron chi connectivity index (χ2n) is 6.59. The molecule has 1 atom stereocenters. The second kappa shape index (κ2) is 8.72. The molecule has 0 bridgehead atoms. The van der Waals surface area contributed by atoms with Crippen LogP contribution in [0, 0.1) is 0 Å². The Morgan fingerprint density at radius 2 is 1.88 bits per heavy atom. The van der Waals surface area contributed by atoms with Crippen molar-refractivity contribution >= 4 is 22.8 Å². The third-order valence-electron chi connectivity index (χ3n) is 4.52. The van der Waals surface area contributed by atoms with E-state index in [9.17, 15) is 4.79 Å². The fourth-order valence-corrected chi connectivity index (χ4v) is 4.09. The van der Waals surface area contributed by atoms with Gasteiger partial charge in [-0.2, -0.15) is 0 Å². The lowest BCUT2D eigenvalue weighted by Crippen LogP contribution is -2.37. The molecule has 0 radical (unpaired) electrons. The average molecular weight is 362 g/mol. The van der Waals surface area contributed by atoms with Gasteiger partial charge in [-0.3, -0.25) is 9.79 Å². The highest BCUT2D eigenvalue weighted by atomic mass is 32.2. The van der Waals surface area contributed by atoms with Gasteiger partial charge in [0.05, 0.1) is 12.6 Å². The van der Waals surface area contributed by atoms with E-state index >= 15 is 0 Å². The number of amides is 1. The molecule has 1 saturated heterocycles. The Bertz CT molecular complexity index is 600. The van der Waals surface area contributed by atoms with E-state index in [4.69, 9.17) is 14.5 Å². The molecular weight excluding hydrogens is 336 g/mol. The Morgan fingerprint density at radius 1 is 1.16 bits per heavy atom. The first-order valence-electron chi connectivity index (χ1n) is 9.06. The molecule has 136 valence electrons. The lowest BCUT2D eigenvalue weighted by Gasteiger charge is -2.19. The van der Waals surface area contributed by atoms with Crippen molar-refractivity contribution in [3.8, 4) is 5.75 Å². The number of benzene rings is 1. The number of nitrogens with one attached hydrogen (secondary N) is 1. The summed E-state index contributed by atoms with van der Waals surface area (Å²) in [5, 5.41) is 3.58. The molecule has 1 heterocycles. The van der Waals surface area contributed by atoms with E-state index < -0.39 is 4.93 Å². The summed E-state index contributed by atoms with van der Waals surface area (Å²) in [5.74, 6) is 0.667. The number of ether oxygens (including phenoxy) is 2. The Morgan fingerprint density at radius 3 is 2.60 bits per heavy atom. The summed E-state index contributed by atoms with van der Waals surface area (Å²) in [6, 6.07) is 9.92. The average Bonchev–Trinajstić information content (AvgIpc) is 2.79. The molecule has 5 nitrogen and oxygen atoms in total. The first kappa shape index (κ1) is 18.3. The highest BCUT2D eigenvalue weighted by molar-refractivity contribution is 8.16. The van der Waals surface area contributed by atoms with E-state index in [0.717, 1.165) is 18.6 Å². The summed E-state index contributed by atoms with van der Waals surface area (Å²) >= 11 is 1.38. The largest absolute Gasteiger partial charge is 0.491 e. The van der Waals surface area contributed by atoms with Gasteiger partial charge in [0.1, 0.15) is 12.4 Å². The number of nitrogens with zero attached hydrogens (tertiary/aromatic N) is 1. The Labute approximate surface area is 153 Å². The first-order valence-corrected chi connectivity index (χ1v) is 9.87. The summed E-state index contributed by atoms with van der Waals surface area (Å²) in [6.07, 6.45) is 7.27. The molecule has 1 amide bonds. The van der Waals surface area contributed by atoms with Gasteiger partial charge in [-0.25, -0.2) is 0 Å². The van der Waals surface area contributed by atoms with Crippen molar-refractivity contribution in [2.24, 2.45) is 4.99 Å². The topological polar surface area (TPSA) is 59.9 Å². The van der Waals surface area contributed by atoms with E-state index in [0.29, 0.717) is 24.4 Å². The monoisotopic (exact) mass is 362 g/mol. The van der Waals surface area contributed by atoms with Gasteiger partial charge in [0.15, 0.2) is 10.1 Å². The minimum Gasteiger partial charge on any atom is -0.491 e. The molecule has 1 aliphatic carbocycles. The predicted molar refractivity (Wildman–Crippen MR) is 101 cm³/mol. The normalized spacial score (nSPS) is 26.4. The predicted octanol–water partition coefficient (Wildman–Crippen LogP) is 3.74. The van der Waals surface area contributed by atoms with Crippen LogP contribution in [0.1, 0.15) is 45.4 Å². The fraction of sp³-hybridized carbons (Fsp3) is 0.579. The van der Waals surface area contributed by atoms with Crippen LogP contribution in [0.25, 0.3) is 0 Å². The van der Waals surface area contributed by atoms with Gasteiger partial charge in [0.2, 0.25) is 0 Å². The highest BCUT2D eigenvalue weighted by Crippen LogP contribution is 2.34. The summed E-state index contributed by atoms with van der Waals surface area (Å²) < 4.78 is 11.4. The van der Waals surface area contributed by atoms with E-state index in [1.165, 1.54) is 37.4 Å². The maximum atomic E-state index is 12.3. The lowest BCUT2D eigenvalue weighted by atomic mass is 10.1. The Balaban J connectivity index is 1.48. The molecule has 1 saturated carbocycles. The molecule has 2 aliphatic rings. The number of hydrogen-bond acceptors (Lipinski definition) is 5. The van der Waals surface area contributed by atoms with Crippen molar-refractivity contribution in [3.63, 3.8) is 0 Å². The van der Waals surface area contributed by atoms with Gasteiger partial charge in [-0.05, 0) is 43.7 Å². The molecule has 1 N–H and O–H groups in total. The molecule has 2 fully saturated rings. The molecule has 1 aromatic rings. The van der Waals surface area contributed by atoms with Gasteiger partial charge in [-0.1, -0.05) is 43.9 Å².